The normalized spacial score (nSPS) is 10.8. The first-order valence-corrected chi connectivity index (χ1v) is 7.03. The number of halogens is 1. The number of carbonyl (C=O) groups excluding carboxylic acids is 1. The van der Waals surface area contributed by atoms with Gasteiger partial charge in [0, 0.05) is 30.4 Å². The SMILES string of the molecule is COCCC(=O)N(CCN(C)C)c1cccc(Br)c1. The van der Waals surface area contributed by atoms with Gasteiger partial charge in [-0.15, -0.1) is 0 Å². The van der Waals surface area contributed by atoms with Crippen LogP contribution in [0.3, 0.4) is 0 Å². The first-order valence-electron chi connectivity index (χ1n) is 6.24. The van der Waals surface area contributed by atoms with Crippen LogP contribution in [0.25, 0.3) is 0 Å². The Hall–Kier alpha value is -0.910. The first kappa shape index (κ1) is 16.1. The average molecular weight is 329 g/mol. The van der Waals surface area contributed by atoms with Crippen LogP contribution in [0.5, 0.6) is 0 Å². The zero-order chi connectivity index (χ0) is 14.3. The molecule has 0 radical (unpaired) electrons. The quantitative estimate of drug-likeness (QED) is 0.770. The Bertz CT molecular complexity index is 410. The van der Waals surface area contributed by atoms with E-state index in [-0.39, 0.29) is 5.91 Å². The van der Waals surface area contributed by atoms with Gasteiger partial charge in [0.1, 0.15) is 0 Å². The molecule has 0 fully saturated rings. The number of carbonyl (C=O) groups is 1. The lowest BCUT2D eigenvalue weighted by Gasteiger charge is -2.24. The number of ether oxygens (including phenoxy) is 1. The lowest BCUT2D eigenvalue weighted by atomic mass is 10.2. The fourth-order valence-corrected chi connectivity index (χ4v) is 2.05. The maximum absolute atomic E-state index is 12.2. The molecule has 1 aromatic carbocycles. The van der Waals surface area contributed by atoms with Crippen molar-refractivity contribution >= 4 is 27.5 Å². The summed E-state index contributed by atoms with van der Waals surface area (Å²) in [5, 5.41) is 0. The molecule has 0 saturated heterocycles. The van der Waals surface area contributed by atoms with Gasteiger partial charge < -0.3 is 14.5 Å². The lowest BCUT2D eigenvalue weighted by Crippen LogP contribution is -2.37. The number of hydrogen-bond acceptors (Lipinski definition) is 3. The van der Waals surface area contributed by atoms with E-state index in [0.29, 0.717) is 19.6 Å². The molecule has 0 atom stereocenters. The summed E-state index contributed by atoms with van der Waals surface area (Å²) in [5.41, 5.74) is 0.914. The van der Waals surface area contributed by atoms with Crippen LogP contribution in [0.4, 0.5) is 5.69 Å². The monoisotopic (exact) mass is 328 g/mol. The molecule has 0 aliphatic carbocycles. The molecule has 0 unspecified atom stereocenters. The maximum Gasteiger partial charge on any atom is 0.229 e. The molecule has 1 rings (SSSR count). The van der Waals surface area contributed by atoms with Crippen molar-refractivity contribution in [2.24, 2.45) is 0 Å². The Balaban J connectivity index is 2.81. The Morgan fingerprint density at radius 3 is 2.63 bits per heavy atom. The minimum atomic E-state index is 0.0850. The van der Waals surface area contributed by atoms with Crippen LogP contribution in [0.15, 0.2) is 28.7 Å². The van der Waals surface area contributed by atoms with Gasteiger partial charge in [-0.05, 0) is 32.3 Å². The molecule has 0 bridgehead atoms. The maximum atomic E-state index is 12.2. The highest BCUT2D eigenvalue weighted by Gasteiger charge is 2.15. The van der Waals surface area contributed by atoms with Gasteiger partial charge in [-0.25, -0.2) is 0 Å². The van der Waals surface area contributed by atoms with Crippen molar-refractivity contribution in [2.75, 3.05) is 45.8 Å². The predicted molar refractivity (Wildman–Crippen MR) is 81.5 cm³/mol. The molecule has 0 aliphatic rings. The summed E-state index contributed by atoms with van der Waals surface area (Å²) >= 11 is 3.44. The number of amides is 1. The summed E-state index contributed by atoms with van der Waals surface area (Å²) < 4.78 is 5.95. The molecule has 0 aromatic heterocycles. The van der Waals surface area contributed by atoms with Crippen LogP contribution < -0.4 is 4.90 Å². The van der Waals surface area contributed by atoms with Gasteiger partial charge in [-0.3, -0.25) is 4.79 Å². The smallest absolute Gasteiger partial charge is 0.229 e. The Labute approximate surface area is 123 Å². The largest absolute Gasteiger partial charge is 0.384 e. The van der Waals surface area contributed by atoms with E-state index < -0.39 is 0 Å². The van der Waals surface area contributed by atoms with Gasteiger partial charge in [0.25, 0.3) is 0 Å². The van der Waals surface area contributed by atoms with Crippen LogP contribution in [0.1, 0.15) is 6.42 Å². The number of rotatable bonds is 7. The van der Waals surface area contributed by atoms with Crippen LogP contribution in [0.2, 0.25) is 0 Å². The molecule has 19 heavy (non-hydrogen) atoms. The van der Waals surface area contributed by atoms with Crippen LogP contribution in [-0.2, 0) is 9.53 Å². The van der Waals surface area contributed by atoms with E-state index in [0.717, 1.165) is 16.7 Å². The lowest BCUT2D eigenvalue weighted by molar-refractivity contribution is -0.119. The van der Waals surface area contributed by atoms with Gasteiger partial charge in [-0.2, -0.15) is 0 Å². The Kier molecular flexibility index (Phi) is 7.05. The third-order valence-corrected chi connectivity index (χ3v) is 3.21. The van der Waals surface area contributed by atoms with Crippen LogP contribution >= 0.6 is 15.9 Å². The van der Waals surface area contributed by atoms with Crippen molar-refractivity contribution in [1.82, 2.24) is 4.90 Å². The van der Waals surface area contributed by atoms with Gasteiger partial charge in [0.15, 0.2) is 0 Å². The van der Waals surface area contributed by atoms with E-state index >= 15 is 0 Å². The fraction of sp³-hybridized carbons (Fsp3) is 0.500. The van der Waals surface area contributed by atoms with E-state index in [1.807, 2.05) is 43.3 Å². The van der Waals surface area contributed by atoms with Gasteiger partial charge in [0.2, 0.25) is 5.91 Å². The van der Waals surface area contributed by atoms with E-state index in [1.54, 1.807) is 7.11 Å². The minimum absolute atomic E-state index is 0.0850. The van der Waals surface area contributed by atoms with Crippen molar-refractivity contribution in [3.63, 3.8) is 0 Å². The second kappa shape index (κ2) is 8.30. The van der Waals surface area contributed by atoms with Crippen LogP contribution in [-0.4, -0.2) is 51.7 Å². The molecule has 0 saturated carbocycles. The van der Waals surface area contributed by atoms with E-state index in [1.165, 1.54) is 0 Å². The zero-order valence-corrected chi connectivity index (χ0v) is 13.3. The highest BCUT2D eigenvalue weighted by molar-refractivity contribution is 9.10. The highest BCUT2D eigenvalue weighted by atomic mass is 79.9. The highest BCUT2D eigenvalue weighted by Crippen LogP contribution is 2.20. The molecule has 5 heteroatoms. The molecule has 0 N–H and O–H groups in total. The topological polar surface area (TPSA) is 32.8 Å². The number of hydrogen-bond donors (Lipinski definition) is 0. The second-order valence-electron chi connectivity index (χ2n) is 4.57. The summed E-state index contributed by atoms with van der Waals surface area (Å²) in [4.78, 5) is 16.1. The molecule has 1 aromatic rings. The summed E-state index contributed by atoms with van der Waals surface area (Å²) in [6.07, 6.45) is 0.399. The van der Waals surface area contributed by atoms with Crippen LogP contribution in [0, 0.1) is 0 Å². The van der Waals surface area contributed by atoms with E-state index in [9.17, 15) is 4.79 Å². The van der Waals surface area contributed by atoms with Crippen molar-refractivity contribution in [3.05, 3.63) is 28.7 Å². The standard InChI is InChI=1S/C14H21BrN2O2/c1-16(2)8-9-17(14(18)7-10-19-3)13-6-4-5-12(15)11-13/h4-6,11H,7-10H2,1-3H3. The summed E-state index contributed by atoms with van der Waals surface area (Å²) in [6.45, 7) is 1.95. The number of anilines is 1. The molecule has 4 nitrogen and oxygen atoms in total. The van der Waals surface area contributed by atoms with Gasteiger partial charge in [0.05, 0.1) is 13.0 Å². The number of likely N-dealkylation sites (N-methyl/N-ethyl adjacent to an activating group) is 1. The number of methoxy groups -OCH3 is 1. The zero-order valence-electron chi connectivity index (χ0n) is 11.7. The van der Waals surface area contributed by atoms with Crippen molar-refractivity contribution in [1.29, 1.82) is 0 Å². The van der Waals surface area contributed by atoms with Gasteiger partial charge in [-0.1, -0.05) is 22.0 Å². The van der Waals surface area contributed by atoms with E-state index in [4.69, 9.17) is 4.74 Å². The Morgan fingerprint density at radius 2 is 2.05 bits per heavy atom. The van der Waals surface area contributed by atoms with Crippen molar-refractivity contribution < 1.29 is 9.53 Å². The van der Waals surface area contributed by atoms with Gasteiger partial charge >= 0.3 is 0 Å². The molecule has 0 heterocycles. The molecular formula is C14H21BrN2O2. The number of benzene rings is 1. The molecular weight excluding hydrogens is 308 g/mol. The molecule has 0 aliphatic heterocycles. The van der Waals surface area contributed by atoms with Crippen molar-refractivity contribution in [3.8, 4) is 0 Å². The Morgan fingerprint density at radius 1 is 1.32 bits per heavy atom. The molecule has 106 valence electrons. The molecule has 1 amide bonds. The third kappa shape index (κ3) is 5.72. The summed E-state index contributed by atoms with van der Waals surface area (Å²) in [5.74, 6) is 0.0850. The first-order chi connectivity index (χ1) is 9.04. The fourth-order valence-electron chi connectivity index (χ4n) is 1.67. The van der Waals surface area contributed by atoms with E-state index in [2.05, 4.69) is 20.8 Å². The minimum Gasteiger partial charge on any atom is -0.384 e. The summed E-state index contributed by atoms with van der Waals surface area (Å²) in [7, 11) is 5.61. The predicted octanol–water partition coefficient (Wildman–Crippen LogP) is 2.38. The number of nitrogens with zero attached hydrogens (tertiary/aromatic N) is 2. The van der Waals surface area contributed by atoms with Crippen molar-refractivity contribution in [2.45, 2.75) is 6.42 Å². The summed E-state index contributed by atoms with van der Waals surface area (Å²) in [6, 6.07) is 7.80. The molecule has 0 spiro atoms. The average Bonchev–Trinajstić information content (AvgIpc) is 2.36. The second-order valence-corrected chi connectivity index (χ2v) is 5.49. The third-order valence-electron chi connectivity index (χ3n) is 2.71.